The van der Waals surface area contributed by atoms with Crippen LogP contribution in [-0.4, -0.2) is 9.55 Å². The second-order valence-corrected chi connectivity index (χ2v) is 7.53. The Hall–Kier alpha value is -2.21. The van der Waals surface area contributed by atoms with E-state index in [1.165, 1.54) is 23.9 Å². The highest BCUT2D eigenvalue weighted by Crippen LogP contribution is 2.33. The third-order valence-electron chi connectivity index (χ3n) is 4.76. The average Bonchev–Trinajstić information content (AvgIpc) is 3.13. The minimum absolute atomic E-state index is 0.0320. The predicted molar refractivity (Wildman–Crippen MR) is 99.4 cm³/mol. The number of halogens is 2. The van der Waals surface area contributed by atoms with Crippen molar-refractivity contribution in [2.75, 3.05) is 0 Å². The molecule has 1 fully saturated rings. The molecule has 1 aliphatic rings. The summed E-state index contributed by atoms with van der Waals surface area (Å²) >= 11 is 1.35. The number of thioether (sulfide) groups is 1. The second-order valence-electron chi connectivity index (χ2n) is 6.59. The van der Waals surface area contributed by atoms with Gasteiger partial charge in [0.25, 0.3) is 5.56 Å². The minimum atomic E-state index is -0.597. The third kappa shape index (κ3) is 3.38. The van der Waals surface area contributed by atoms with Gasteiger partial charge in [0, 0.05) is 17.9 Å². The van der Waals surface area contributed by atoms with Crippen LogP contribution >= 0.6 is 11.8 Å². The molecule has 0 bridgehead atoms. The molecule has 3 aromatic rings. The van der Waals surface area contributed by atoms with Gasteiger partial charge in [-0.3, -0.25) is 9.36 Å². The average molecular weight is 372 g/mol. The lowest BCUT2D eigenvalue weighted by Crippen LogP contribution is -2.26. The summed E-state index contributed by atoms with van der Waals surface area (Å²) in [5.74, 6) is -0.841. The highest BCUT2D eigenvalue weighted by molar-refractivity contribution is 7.98. The molecular weight excluding hydrogens is 354 g/mol. The molecule has 1 aromatic heterocycles. The molecular formula is C20H18F2N2OS. The summed E-state index contributed by atoms with van der Waals surface area (Å²) < 4.78 is 28.6. The number of para-hydroxylation sites is 1. The fourth-order valence-electron chi connectivity index (χ4n) is 3.55. The van der Waals surface area contributed by atoms with Gasteiger partial charge in [-0.05, 0) is 42.7 Å². The van der Waals surface area contributed by atoms with E-state index in [1.807, 2.05) is 18.2 Å². The van der Waals surface area contributed by atoms with Gasteiger partial charge in [-0.25, -0.2) is 13.8 Å². The van der Waals surface area contributed by atoms with Gasteiger partial charge in [-0.1, -0.05) is 36.7 Å². The summed E-state index contributed by atoms with van der Waals surface area (Å²) in [6, 6.07) is 10.9. The molecule has 134 valence electrons. The van der Waals surface area contributed by atoms with Crippen molar-refractivity contribution in [3.05, 3.63) is 70.0 Å². The topological polar surface area (TPSA) is 34.9 Å². The molecule has 1 aliphatic carbocycles. The molecule has 0 radical (unpaired) electrons. The van der Waals surface area contributed by atoms with Gasteiger partial charge >= 0.3 is 0 Å². The molecule has 4 rings (SSSR count). The number of nitrogens with zero attached hydrogens (tertiary/aromatic N) is 2. The Morgan fingerprint density at radius 3 is 2.50 bits per heavy atom. The Balaban J connectivity index is 1.74. The molecule has 0 atom stereocenters. The van der Waals surface area contributed by atoms with Crippen molar-refractivity contribution < 1.29 is 8.78 Å². The maximum Gasteiger partial charge on any atom is 0.262 e. The zero-order valence-electron chi connectivity index (χ0n) is 14.1. The van der Waals surface area contributed by atoms with E-state index in [1.54, 1.807) is 10.6 Å². The van der Waals surface area contributed by atoms with Gasteiger partial charge < -0.3 is 0 Å². The summed E-state index contributed by atoms with van der Waals surface area (Å²) in [5.41, 5.74) is 1.16. The van der Waals surface area contributed by atoms with Gasteiger partial charge in [-0.15, -0.1) is 0 Å². The summed E-state index contributed by atoms with van der Waals surface area (Å²) in [4.78, 5) is 17.7. The molecule has 0 amide bonds. The van der Waals surface area contributed by atoms with Gasteiger partial charge in [0.15, 0.2) is 5.16 Å². The first-order valence-electron chi connectivity index (χ1n) is 8.71. The standard InChI is InChI=1S/C20H18F2N2OS/c21-14-9-13(10-15(22)11-14)12-26-20-23-18-8-4-3-7-17(18)19(25)24(20)16-5-1-2-6-16/h3-4,7-11,16H,1-2,5-6,12H2. The van der Waals surface area contributed by atoms with Gasteiger partial charge in [0.05, 0.1) is 10.9 Å². The van der Waals surface area contributed by atoms with E-state index < -0.39 is 11.6 Å². The van der Waals surface area contributed by atoms with Crippen molar-refractivity contribution in [2.45, 2.75) is 42.6 Å². The Morgan fingerprint density at radius 2 is 1.77 bits per heavy atom. The highest BCUT2D eigenvalue weighted by atomic mass is 32.2. The molecule has 3 nitrogen and oxygen atoms in total. The summed E-state index contributed by atoms with van der Waals surface area (Å²) in [6.07, 6.45) is 4.12. The lowest BCUT2D eigenvalue weighted by molar-refractivity contribution is 0.457. The molecule has 1 heterocycles. The zero-order chi connectivity index (χ0) is 18.1. The normalized spacial score (nSPS) is 15.0. The largest absolute Gasteiger partial charge is 0.284 e. The molecule has 0 spiro atoms. The number of rotatable bonds is 4. The molecule has 0 saturated heterocycles. The first kappa shape index (κ1) is 17.2. The highest BCUT2D eigenvalue weighted by Gasteiger charge is 2.23. The van der Waals surface area contributed by atoms with Crippen LogP contribution in [0.25, 0.3) is 10.9 Å². The van der Waals surface area contributed by atoms with Crippen LogP contribution in [0.15, 0.2) is 52.4 Å². The van der Waals surface area contributed by atoms with Crippen molar-refractivity contribution in [2.24, 2.45) is 0 Å². The van der Waals surface area contributed by atoms with Crippen LogP contribution < -0.4 is 5.56 Å². The maximum atomic E-state index is 13.4. The number of benzene rings is 2. The van der Waals surface area contributed by atoms with Crippen molar-refractivity contribution in [1.29, 1.82) is 0 Å². The molecule has 0 aliphatic heterocycles. The van der Waals surface area contributed by atoms with Crippen molar-refractivity contribution >= 4 is 22.7 Å². The van der Waals surface area contributed by atoms with E-state index in [-0.39, 0.29) is 11.6 Å². The first-order valence-corrected chi connectivity index (χ1v) is 9.69. The van der Waals surface area contributed by atoms with Crippen molar-refractivity contribution in [1.82, 2.24) is 9.55 Å². The lowest BCUT2D eigenvalue weighted by atomic mass is 10.2. The summed E-state index contributed by atoms with van der Waals surface area (Å²) in [6.45, 7) is 0. The Labute approximate surface area is 154 Å². The molecule has 1 saturated carbocycles. The molecule has 0 unspecified atom stereocenters. The second kappa shape index (κ2) is 7.19. The fourth-order valence-corrected chi connectivity index (χ4v) is 4.55. The van der Waals surface area contributed by atoms with Crippen LogP contribution in [0.1, 0.15) is 37.3 Å². The molecule has 0 N–H and O–H groups in total. The van der Waals surface area contributed by atoms with E-state index in [0.29, 0.717) is 27.4 Å². The van der Waals surface area contributed by atoms with E-state index in [4.69, 9.17) is 0 Å². The quantitative estimate of drug-likeness (QED) is 0.473. The van der Waals surface area contributed by atoms with E-state index in [2.05, 4.69) is 4.98 Å². The number of hydrogen-bond acceptors (Lipinski definition) is 3. The van der Waals surface area contributed by atoms with Crippen LogP contribution in [0.4, 0.5) is 8.78 Å². The molecule has 26 heavy (non-hydrogen) atoms. The van der Waals surface area contributed by atoms with Gasteiger partial charge in [0.1, 0.15) is 11.6 Å². The zero-order valence-corrected chi connectivity index (χ0v) is 14.9. The lowest BCUT2D eigenvalue weighted by Gasteiger charge is -2.18. The van der Waals surface area contributed by atoms with Crippen LogP contribution in [0.5, 0.6) is 0 Å². The van der Waals surface area contributed by atoms with E-state index in [9.17, 15) is 13.6 Å². The van der Waals surface area contributed by atoms with Crippen LogP contribution in [-0.2, 0) is 5.75 Å². The minimum Gasteiger partial charge on any atom is -0.284 e. The smallest absolute Gasteiger partial charge is 0.262 e. The summed E-state index contributed by atoms with van der Waals surface area (Å²) in [7, 11) is 0. The van der Waals surface area contributed by atoms with Crippen LogP contribution in [0, 0.1) is 11.6 Å². The number of hydrogen-bond donors (Lipinski definition) is 0. The van der Waals surface area contributed by atoms with Gasteiger partial charge in [0.2, 0.25) is 0 Å². The third-order valence-corrected chi connectivity index (χ3v) is 5.78. The van der Waals surface area contributed by atoms with Crippen LogP contribution in [0.3, 0.4) is 0 Å². The van der Waals surface area contributed by atoms with Crippen molar-refractivity contribution in [3.63, 3.8) is 0 Å². The Bertz CT molecular complexity index is 992. The summed E-state index contributed by atoms with van der Waals surface area (Å²) in [5, 5.41) is 1.23. The van der Waals surface area contributed by atoms with Gasteiger partial charge in [-0.2, -0.15) is 0 Å². The number of fused-ring (bicyclic) bond motifs is 1. The Kier molecular flexibility index (Phi) is 4.76. The van der Waals surface area contributed by atoms with E-state index >= 15 is 0 Å². The fraction of sp³-hybridized carbons (Fsp3) is 0.300. The van der Waals surface area contributed by atoms with Crippen LogP contribution in [0.2, 0.25) is 0 Å². The first-order chi connectivity index (χ1) is 12.6. The molecule has 6 heteroatoms. The monoisotopic (exact) mass is 372 g/mol. The maximum absolute atomic E-state index is 13.4. The SMILES string of the molecule is O=c1c2ccccc2nc(SCc2cc(F)cc(F)c2)n1C1CCCC1. The van der Waals surface area contributed by atoms with Crippen molar-refractivity contribution in [3.8, 4) is 0 Å². The Morgan fingerprint density at radius 1 is 1.08 bits per heavy atom. The molecule has 2 aromatic carbocycles. The number of aromatic nitrogens is 2. The predicted octanol–water partition coefficient (Wildman–Crippen LogP) is 5.08. The van der Waals surface area contributed by atoms with E-state index in [0.717, 1.165) is 31.7 Å².